The van der Waals surface area contributed by atoms with Crippen molar-refractivity contribution in [1.29, 1.82) is 0 Å². The Morgan fingerprint density at radius 1 is 1.50 bits per heavy atom. The van der Waals surface area contributed by atoms with Crippen molar-refractivity contribution in [3.63, 3.8) is 0 Å². The molecule has 2 aromatic heterocycles. The molecule has 0 atom stereocenters. The van der Waals surface area contributed by atoms with Gasteiger partial charge in [0.15, 0.2) is 12.3 Å². The summed E-state index contributed by atoms with van der Waals surface area (Å²) < 4.78 is 30.0. The van der Waals surface area contributed by atoms with Gasteiger partial charge in [-0.25, -0.2) is 8.78 Å². The molecule has 0 aliphatic carbocycles. The van der Waals surface area contributed by atoms with E-state index in [0.29, 0.717) is 5.65 Å². The van der Waals surface area contributed by atoms with Gasteiger partial charge in [-0.2, -0.15) is 4.98 Å². The molecule has 0 amide bonds. The van der Waals surface area contributed by atoms with E-state index in [2.05, 4.69) is 9.97 Å². The molecule has 6 heteroatoms. The van der Waals surface area contributed by atoms with E-state index < -0.39 is 13.0 Å². The fraction of sp³-hybridized carbons (Fsp3) is 0.250. The number of nitrogens with zero attached hydrogens (tertiary/aromatic N) is 3. The highest BCUT2D eigenvalue weighted by atomic mass is 19.3. The van der Waals surface area contributed by atoms with Crippen LogP contribution in [-0.2, 0) is 0 Å². The summed E-state index contributed by atoms with van der Waals surface area (Å²) in [6.07, 6.45) is 3.80. The van der Waals surface area contributed by atoms with Gasteiger partial charge < -0.3 is 9.14 Å². The van der Waals surface area contributed by atoms with Crippen LogP contribution < -0.4 is 4.74 Å². The van der Waals surface area contributed by atoms with Crippen molar-refractivity contribution >= 4 is 5.65 Å². The van der Waals surface area contributed by atoms with E-state index >= 15 is 0 Å². The third-order valence-electron chi connectivity index (χ3n) is 1.60. The number of halogens is 2. The number of alkyl halides is 2. The van der Waals surface area contributed by atoms with Crippen molar-refractivity contribution < 1.29 is 13.5 Å². The van der Waals surface area contributed by atoms with Gasteiger partial charge >= 0.3 is 0 Å². The minimum absolute atomic E-state index is 0.179. The molecule has 2 rings (SSSR count). The van der Waals surface area contributed by atoms with E-state index in [-0.39, 0.29) is 5.88 Å². The minimum Gasteiger partial charge on any atom is -0.470 e. The van der Waals surface area contributed by atoms with Gasteiger partial charge in [-0.3, -0.25) is 4.98 Å². The first-order valence-electron chi connectivity index (χ1n) is 3.95. The summed E-state index contributed by atoms with van der Waals surface area (Å²) in [6.45, 7) is -0.642. The molecule has 0 N–H and O–H groups in total. The Bertz CT molecular complexity index is 396. The molecular weight excluding hydrogens is 192 g/mol. The van der Waals surface area contributed by atoms with Crippen molar-refractivity contribution in [2.24, 2.45) is 0 Å². The van der Waals surface area contributed by atoms with E-state index in [1.165, 1.54) is 12.4 Å². The molecular formula is C8H7F2N3O. The predicted molar refractivity (Wildman–Crippen MR) is 44.5 cm³/mol. The minimum atomic E-state index is -2.49. The normalized spacial score (nSPS) is 11.1. The Kier molecular flexibility index (Phi) is 2.26. The molecule has 0 fully saturated rings. The maximum Gasteiger partial charge on any atom is 0.272 e. The van der Waals surface area contributed by atoms with Crippen LogP contribution in [0.5, 0.6) is 5.88 Å². The first kappa shape index (κ1) is 8.86. The largest absolute Gasteiger partial charge is 0.470 e. The second-order valence-electron chi connectivity index (χ2n) is 2.62. The number of rotatable bonds is 3. The number of hydrogen-bond acceptors (Lipinski definition) is 3. The third kappa shape index (κ3) is 1.78. The first-order valence-corrected chi connectivity index (χ1v) is 3.95. The second-order valence-corrected chi connectivity index (χ2v) is 2.62. The van der Waals surface area contributed by atoms with Crippen LogP contribution in [0.2, 0.25) is 0 Å². The van der Waals surface area contributed by atoms with E-state index in [4.69, 9.17) is 4.74 Å². The maximum absolute atomic E-state index is 11.8. The lowest BCUT2D eigenvalue weighted by Gasteiger charge is -1.98. The Morgan fingerprint density at radius 2 is 2.36 bits per heavy atom. The Hall–Kier alpha value is -1.72. The Morgan fingerprint density at radius 3 is 3.07 bits per heavy atom. The van der Waals surface area contributed by atoms with Gasteiger partial charge in [0.25, 0.3) is 6.43 Å². The molecule has 2 aromatic rings. The lowest BCUT2D eigenvalue weighted by Crippen LogP contribution is -2.06. The van der Waals surface area contributed by atoms with Crippen molar-refractivity contribution in [3.05, 3.63) is 24.8 Å². The van der Waals surface area contributed by atoms with Gasteiger partial charge in [-0.15, -0.1) is 0 Å². The van der Waals surface area contributed by atoms with Crippen LogP contribution >= 0.6 is 0 Å². The van der Waals surface area contributed by atoms with Crippen molar-refractivity contribution in [2.75, 3.05) is 6.61 Å². The quantitative estimate of drug-likeness (QED) is 0.749. The zero-order valence-corrected chi connectivity index (χ0v) is 7.10. The molecule has 14 heavy (non-hydrogen) atoms. The van der Waals surface area contributed by atoms with Crippen molar-refractivity contribution in [1.82, 2.24) is 14.4 Å². The number of aromatic nitrogens is 3. The number of hydrogen-bond donors (Lipinski definition) is 0. The standard InChI is InChI=1S/C8H7F2N3O/c9-6(10)5-14-8-4-13-2-1-11-3-7(13)12-8/h1-4,6H,5H2. The topological polar surface area (TPSA) is 39.4 Å². The molecule has 74 valence electrons. The lowest BCUT2D eigenvalue weighted by molar-refractivity contribution is 0.0799. The zero-order valence-electron chi connectivity index (χ0n) is 7.10. The molecule has 0 radical (unpaired) electrons. The van der Waals surface area contributed by atoms with E-state index in [9.17, 15) is 8.78 Å². The summed E-state index contributed by atoms with van der Waals surface area (Å²) in [5, 5.41) is 0. The van der Waals surface area contributed by atoms with Crippen LogP contribution in [0.25, 0.3) is 5.65 Å². The Balaban J connectivity index is 2.19. The molecule has 0 saturated heterocycles. The molecule has 0 spiro atoms. The molecule has 0 unspecified atom stereocenters. The summed E-state index contributed by atoms with van der Waals surface area (Å²) >= 11 is 0. The van der Waals surface area contributed by atoms with Crippen LogP contribution in [0.15, 0.2) is 24.8 Å². The smallest absolute Gasteiger partial charge is 0.272 e. The fourth-order valence-electron chi connectivity index (χ4n) is 1.04. The van der Waals surface area contributed by atoms with Gasteiger partial charge in [0.05, 0.1) is 12.4 Å². The highest BCUT2D eigenvalue weighted by Crippen LogP contribution is 2.11. The van der Waals surface area contributed by atoms with Crippen LogP contribution in [0.1, 0.15) is 0 Å². The van der Waals surface area contributed by atoms with Gasteiger partial charge in [-0.1, -0.05) is 0 Å². The summed E-state index contributed by atoms with van der Waals surface area (Å²) in [5.74, 6) is 0.179. The van der Waals surface area contributed by atoms with Gasteiger partial charge in [0.1, 0.15) is 0 Å². The van der Waals surface area contributed by atoms with Crippen LogP contribution in [0.4, 0.5) is 8.78 Å². The van der Waals surface area contributed by atoms with Gasteiger partial charge in [0, 0.05) is 12.4 Å². The number of ether oxygens (including phenoxy) is 1. The molecule has 2 heterocycles. The van der Waals surface area contributed by atoms with Crippen molar-refractivity contribution in [3.8, 4) is 5.88 Å². The van der Waals surface area contributed by atoms with E-state index in [1.54, 1.807) is 16.8 Å². The summed E-state index contributed by atoms with van der Waals surface area (Å²) in [4.78, 5) is 7.76. The highest BCUT2D eigenvalue weighted by Gasteiger charge is 2.06. The zero-order chi connectivity index (χ0) is 9.97. The Labute approximate surface area is 78.2 Å². The van der Waals surface area contributed by atoms with Crippen LogP contribution in [0.3, 0.4) is 0 Å². The lowest BCUT2D eigenvalue weighted by atomic mass is 10.7. The fourth-order valence-corrected chi connectivity index (χ4v) is 1.04. The average molecular weight is 199 g/mol. The number of fused-ring (bicyclic) bond motifs is 1. The van der Waals surface area contributed by atoms with E-state index in [1.807, 2.05) is 0 Å². The van der Waals surface area contributed by atoms with Gasteiger partial charge in [0.2, 0.25) is 5.88 Å². The van der Waals surface area contributed by atoms with Gasteiger partial charge in [-0.05, 0) is 0 Å². The number of imidazole rings is 1. The molecule has 4 nitrogen and oxygen atoms in total. The SMILES string of the molecule is FC(F)COc1cn2ccncc2n1. The maximum atomic E-state index is 11.8. The highest BCUT2D eigenvalue weighted by molar-refractivity contribution is 5.38. The predicted octanol–water partition coefficient (Wildman–Crippen LogP) is 1.37. The average Bonchev–Trinajstić information content (AvgIpc) is 2.57. The molecule has 0 aromatic carbocycles. The monoisotopic (exact) mass is 199 g/mol. The molecule has 0 aliphatic heterocycles. The van der Waals surface area contributed by atoms with Crippen LogP contribution in [0, 0.1) is 0 Å². The molecule has 0 saturated carbocycles. The summed E-state index contributed by atoms with van der Waals surface area (Å²) in [5.41, 5.74) is 0.566. The third-order valence-corrected chi connectivity index (χ3v) is 1.60. The molecule has 0 aliphatic rings. The first-order chi connectivity index (χ1) is 6.75. The second kappa shape index (κ2) is 3.57. The summed E-state index contributed by atoms with van der Waals surface area (Å²) in [7, 11) is 0. The van der Waals surface area contributed by atoms with Crippen molar-refractivity contribution in [2.45, 2.75) is 6.43 Å². The van der Waals surface area contributed by atoms with E-state index in [0.717, 1.165) is 0 Å². The molecule has 0 bridgehead atoms. The summed E-state index contributed by atoms with van der Waals surface area (Å²) in [6, 6.07) is 0. The van der Waals surface area contributed by atoms with Crippen LogP contribution in [-0.4, -0.2) is 27.4 Å².